The molecule has 1 aromatic carbocycles. The first-order chi connectivity index (χ1) is 12.2. The van der Waals surface area contributed by atoms with Crippen LogP contribution in [0.3, 0.4) is 0 Å². The molecular weight excluding hydrogens is 314 g/mol. The van der Waals surface area contributed by atoms with E-state index in [-0.39, 0.29) is 11.9 Å². The lowest BCUT2D eigenvalue weighted by Crippen LogP contribution is -2.30. The second-order valence-electron chi connectivity index (χ2n) is 6.41. The summed E-state index contributed by atoms with van der Waals surface area (Å²) in [5, 5.41) is 10.7. The monoisotopic (exact) mass is 333 g/mol. The van der Waals surface area contributed by atoms with Crippen molar-refractivity contribution in [1.82, 2.24) is 25.1 Å². The smallest absolute Gasteiger partial charge is 0.251 e. The number of nitrogens with zero attached hydrogens (tertiary/aromatic N) is 4. The lowest BCUT2D eigenvalue weighted by Gasteiger charge is -2.18. The van der Waals surface area contributed by atoms with Gasteiger partial charge in [0.1, 0.15) is 12.7 Å². The molecule has 1 N–H and O–H groups in total. The molecule has 3 aromatic rings. The Morgan fingerprint density at radius 2 is 1.84 bits per heavy atom. The number of carbonyl (C=O) groups excluding carboxylic acids is 1. The highest BCUT2D eigenvalue weighted by Crippen LogP contribution is 2.40. The van der Waals surface area contributed by atoms with Crippen molar-refractivity contribution in [1.29, 1.82) is 0 Å². The molecule has 1 fully saturated rings. The number of carbonyl (C=O) groups is 1. The number of hydrogen-bond donors (Lipinski definition) is 1. The summed E-state index contributed by atoms with van der Waals surface area (Å²) in [6.45, 7) is 1.97. The van der Waals surface area contributed by atoms with E-state index in [0.29, 0.717) is 11.5 Å². The number of aromatic nitrogens is 4. The van der Waals surface area contributed by atoms with Crippen LogP contribution in [0.4, 0.5) is 0 Å². The van der Waals surface area contributed by atoms with Crippen molar-refractivity contribution in [3.63, 3.8) is 0 Å². The fourth-order valence-electron chi connectivity index (χ4n) is 2.94. The molecule has 1 atom stereocenters. The number of amides is 1. The van der Waals surface area contributed by atoms with Crippen LogP contribution in [-0.2, 0) is 0 Å². The predicted octanol–water partition coefficient (Wildman–Crippen LogP) is 2.85. The maximum absolute atomic E-state index is 12.7. The third kappa shape index (κ3) is 3.42. The Kier molecular flexibility index (Phi) is 4.01. The Morgan fingerprint density at radius 3 is 2.48 bits per heavy atom. The SMILES string of the molecule is Cc1cccc([C@H](NC(=O)c2ccc(-n3cnnc3)cc2)C2CC2)n1. The van der Waals surface area contributed by atoms with E-state index < -0.39 is 0 Å². The van der Waals surface area contributed by atoms with Crippen LogP contribution in [0.1, 0.15) is 40.6 Å². The predicted molar refractivity (Wildman–Crippen MR) is 93.3 cm³/mol. The molecule has 1 aliphatic rings. The Bertz CT molecular complexity index is 869. The van der Waals surface area contributed by atoms with Crippen molar-refractivity contribution in [2.24, 2.45) is 5.92 Å². The van der Waals surface area contributed by atoms with Crippen molar-refractivity contribution in [3.05, 3.63) is 72.1 Å². The van der Waals surface area contributed by atoms with Crippen molar-refractivity contribution < 1.29 is 4.79 Å². The summed E-state index contributed by atoms with van der Waals surface area (Å²) in [5.41, 5.74) is 3.46. The minimum atomic E-state index is -0.0736. The lowest BCUT2D eigenvalue weighted by atomic mass is 10.1. The number of aryl methyl sites for hydroxylation is 1. The average Bonchev–Trinajstić information content (AvgIpc) is 3.32. The zero-order valence-electron chi connectivity index (χ0n) is 14.0. The van der Waals surface area contributed by atoms with Gasteiger partial charge in [0, 0.05) is 16.9 Å². The van der Waals surface area contributed by atoms with E-state index in [1.54, 1.807) is 17.2 Å². The normalized spacial score (nSPS) is 14.9. The van der Waals surface area contributed by atoms with Gasteiger partial charge in [0.25, 0.3) is 5.91 Å². The van der Waals surface area contributed by atoms with Crippen LogP contribution in [0, 0.1) is 12.8 Å². The second kappa shape index (κ2) is 6.47. The van der Waals surface area contributed by atoms with Gasteiger partial charge < -0.3 is 5.32 Å². The Balaban J connectivity index is 1.52. The van der Waals surface area contributed by atoms with Crippen LogP contribution < -0.4 is 5.32 Å². The topological polar surface area (TPSA) is 72.7 Å². The molecular formula is C19H19N5O. The molecule has 1 saturated carbocycles. The molecule has 126 valence electrons. The Morgan fingerprint density at radius 1 is 1.12 bits per heavy atom. The van der Waals surface area contributed by atoms with Gasteiger partial charge in [-0.3, -0.25) is 14.3 Å². The van der Waals surface area contributed by atoms with Gasteiger partial charge >= 0.3 is 0 Å². The maximum Gasteiger partial charge on any atom is 0.251 e. The number of rotatable bonds is 5. The third-order valence-electron chi connectivity index (χ3n) is 4.45. The first kappa shape index (κ1) is 15.5. The summed E-state index contributed by atoms with van der Waals surface area (Å²) in [5.74, 6) is 0.407. The fourth-order valence-corrected chi connectivity index (χ4v) is 2.94. The number of hydrogen-bond acceptors (Lipinski definition) is 4. The number of pyridine rings is 1. The summed E-state index contributed by atoms with van der Waals surface area (Å²) in [6.07, 6.45) is 5.52. The van der Waals surface area contributed by atoms with Crippen molar-refractivity contribution in [3.8, 4) is 5.69 Å². The van der Waals surface area contributed by atoms with E-state index in [4.69, 9.17) is 0 Å². The lowest BCUT2D eigenvalue weighted by molar-refractivity contribution is 0.0930. The summed E-state index contributed by atoms with van der Waals surface area (Å²) >= 11 is 0. The summed E-state index contributed by atoms with van der Waals surface area (Å²) in [4.78, 5) is 17.3. The van der Waals surface area contributed by atoms with Crippen molar-refractivity contribution >= 4 is 5.91 Å². The molecule has 0 aliphatic heterocycles. The van der Waals surface area contributed by atoms with Gasteiger partial charge in [-0.15, -0.1) is 10.2 Å². The Labute approximate surface area is 145 Å². The van der Waals surface area contributed by atoms with Gasteiger partial charge in [-0.25, -0.2) is 0 Å². The highest BCUT2D eigenvalue weighted by atomic mass is 16.1. The van der Waals surface area contributed by atoms with Crippen LogP contribution in [0.25, 0.3) is 5.69 Å². The van der Waals surface area contributed by atoms with Crippen LogP contribution in [-0.4, -0.2) is 25.7 Å². The van der Waals surface area contributed by atoms with Gasteiger partial charge in [-0.1, -0.05) is 6.07 Å². The molecule has 0 spiro atoms. The van der Waals surface area contributed by atoms with E-state index in [1.807, 2.05) is 49.4 Å². The summed E-state index contributed by atoms with van der Waals surface area (Å²) in [7, 11) is 0. The molecule has 2 aromatic heterocycles. The second-order valence-corrected chi connectivity index (χ2v) is 6.41. The number of benzene rings is 1. The molecule has 1 amide bonds. The van der Waals surface area contributed by atoms with Crippen LogP contribution in [0.15, 0.2) is 55.1 Å². The van der Waals surface area contributed by atoms with Gasteiger partial charge in [0.05, 0.1) is 11.7 Å². The third-order valence-corrected chi connectivity index (χ3v) is 4.45. The van der Waals surface area contributed by atoms with Gasteiger partial charge in [-0.2, -0.15) is 0 Å². The van der Waals surface area contributed by atoms with Gasteiger partial charge in [-0.05, 0) is 62.1 Å². The molecule has 1 aliphatic carbocycles. The summed E-state index contributed by atoms with van der Waals surface area (Å²) in [6, 6.07) is 13.3. The minimum Gasteiger partial charge on any atom is -0.343 e. The quantitative estimate of drug-likeness (QED) is 0.779. The number of nitrogens with one attached hydrogen (secondary N) is 1. The van der Waals surface area contributed by atoms with E-state index in [1.165, 1.54) is 0 Å². The Hall–Kier alpha value is -3.02. The van der Waals surface area contributed by atoms with E-state index in [2.05, 4.69) is 20.5 Å². The molecule has 0 bridgehead atoms. The summed E-state index contributed by atoms with van der Waals surface area (Å²) < 4.78 is 1.80. The highest BCUT2D eigenvalue weighted by Gasteiger charge is 2.34. The molecule has 2 heterocycles. The van der Waals surface area contributed by atoms with E-state index in [0.717, 1.165) is 29.9 Å². The fraction of sp³-hybridized carbons (Fsp3) is 0.263. The van der Waals surface area contributed by atoms with Crippen LogP contribution in [0.5, 0.6) is 0 Å². The van der Waals surface area contributed by atoms with Crippen LogP contribution in [0.2, 0.25) is 0 Å². The maximum atomic E-state index is 12.7. The van der Waals surface area contributed by atoms with Crippen LogP contribution >= 0.6 is 0 Å². The standard InChI is InChI=1S/C19H19N5O/c1-13-3-2-4-17(22-13)18(14-5-6-14)23-19(25)15-7-9-16(10-8-15)24-11-20-21-12-24/h2-4,7-12,14,18H,5-6H2,1H3,(H,23,25)/t18-/m1/s1. The average molecular weight is 333 g/mol. The van der Waals surface area contributed by atoms with E-state index >= 15 is 0 Å². The first-order valence-corrected chi connectivity index (χ1v) is 8.40. The minimum absolute atomic E-state index is 0.0232. The van der Waals surface area contributed by atoms with Crippen molar-refractivity contribution in [2.45, 2.75) is 25.8 Å². The molecule has 0 radical (unpaired) electrons. The first-order valence-electron chi connectivity index (χ1n) is 8.40. The van der Waals surface area contributed by atoms with E-state index in [9.17, 15) is 4.79 Å². The van der Waals surface area contributed by atoms with Gasteiger partial charge in [0.2, 0.25) is 0 Å². The highest BCUT2D eigenvalue weighted by molar-refractivity contribution is 5.94. The molecule has 6 heteroatoms. The molecule has 6 nitrogen and oxygen atoms in total. The molecule has 0 saturated heterocycles. The zero-order chi connectivity index (χ0) is 17.2. The molecule has 0 unspecified atom stereocenters. The largest absolute Gasteiger partial charge is 0.343 e. The molecule has 25 heavy (non-hydrogen) atoms. The van der Waals surface area contributed by atoms with Gasteiger partial charge in [0.15, 0.2) is 0 Å². The van der Waals surface area contributed by atoms with Crippen molar-refractivity contribution in [2.75, 3.05) is 0 Å². The molecule has 4 rings (SSSR count). The zero-order valence-corrected chi connectivity index (χ0v) is 14.0.